The zero-order valence-corrected chi connectivity index (χ0v) is 15.3. The molecule has 1 fully saturated rings. The van der Waals surface area contributed by atoms with Gasteiger partial charge in [-0.05, 0) is 42.7 Å². The van der Waals surface area contributed by atoms with Gasteiger partial charge >= 0.3 is 0 Å². The van der Waals surface area contributed by atoms with Crippen LogP contribution in [-0.4, -0.2) is 35.9 Å². The molecule has 0 bridgehead atoms. The van der Waals surface area contributed by atoms with Crippen LogP contribution in [0.5, 0.6) is 0 Å². The number of carbonyl (C=O) groups excluding carboxylic acids is 1. The average molecular weight is 367 g/mol. The first-order valence-electron chi connectivity index (χ1n) is 9.20. The number of anilines is 1. The number of oxazole rings is 1. The molecule has 1 aliphatic heterocycles. The van der Waals surface area contributed by atoms with E-state index in [0.29, 0.717) is 12.6 Å². The van der Waals surface area contributed by atoms with Crippen LogP contribution in [0, 0.1) is 11.7 Å². The lowest BCUT2D eigenvalue weighted by Gasteiger charge is -2.32. The molecule has 3 aromatic rings. The van der Waals surface area contributed by atoms with Gasteiger partial charge in [0.05, 0.1) is 0 Å². The number of benzene rings is 2. The minimum atomic E-state index is -0.265. The Labute approximate surface area is 157 Å². The van der Waals surface area contributed by atoms with Crippen LogP contribution < -0.4 is 4.90 Å². The number of para-hydroxylation sites is 2. The van der Waals surface area contributed by atoms with E-state index >= 15 is 0 Å². The van der Waals surface area contributed by atoms with Crippen LogP contribution in [-0.2, 0) is 11.3 Å². The van der Waals surface area contributed by atoms with Gasteiger partial charge in [0, 0.05) is 32.6 Å². The van der Waals surface area contributed by atoms with E-state index in [2.05, 4.69) is 9.88 Å². The van der Waals surface area contributed by atoms with Gasteiger partial charge in [0.1, 0.15) is 11.3 Å². The van der Waals surface area contributed by atoms with Crippen molar-refractivity contribution in [1.29, 1.82) is 0 Å². The highest BCUT2D eigenvalue weighted by Crippen LogP contribution is 2.27. The van der Waals surface area contributed by atoms with Gasteiger partial charge in [-0.3, -0.25) is 4.79 Å². The smallest absolute Gasteiger partial charge is 0.298 e. The number of halogens is 1. The quantitative estimate of drug-likeness (QED) is 0.703. The summed E-state index contributed by atoms with van der Waals surface area (Å²) < 4.78 is 18.8. The van der Waals surface area contributed by atoms with E-state index in [1.54, 1.807) is 24.1 Å². The van der Waals surface area contributed by atoms with E-state index in [1.165, 1.54) is 12.1 Å². The molecule has 0 aliphatic carbocycles. The lowest BCUT2D eigenvalue weighted by Crippen LogP contribution is -2.41. The van der Waals surface area contributed by atoms with Gasteiger partial charge in [0.15, 0.2) is 5.58 Å². The fraction of sp³-hybridized carbons (Fsp3) is 0.333. The Morgan fingerprint density at radius 1 is 1.19 bits per heavy atom. The van der Waals surface area contributed by atoms with E-state index in [9.17, 15) is 9.18 Å². The summed E-state index contributed by atoms with van der Waals surface area (Å²) in [4.78, 5) is 21.1. The molecule has 0 atom stereocenters. The number of carbonyl (C=O) groups is 1. The molecule has 1 aromatic heterocycles. The SMILES string of the molecule is CN(Cc1ccc(F)cc1)C(=O)C1CCN(c2nc3ccccc3o2)CC1. The zero-order chi connectivity index (χ0) is 18.8. The number of amides is 1. The van der Waals surface area contributed by atoms with Crippen molar-refractivity contribution >= 4 is 23.0 Å². The van der Waals surface area contributed by atoms with Crippen LogP contribution >= 0.6 is 0 Å². The number of fused-ring (bicyclic) bond motifs is 1. The first-order chi connectivity index (χ1) is 13.1. The van der Waals surface area contributed by atoms with Crippen LogP contribution in [0.4, 0.5) is 10.4 Å². The Balaban J connectivity index is 1.35. The summed E-state index contributed by atoms with van der Waals surface area (Å²) in [6.45, 7) is 1.98. The van der Waals surface area contributed by atoms with Gasteiger partial charge in [0.2, 0.25) is 5.91 Å². The molecule has 4 rings (SSSR count). The molecule has 5 nitrogen and oxygen atoms in total. The second-order valence-corrected chi connectivity index (χ2v) is 7.05. The fourth-order valence-corrected chi connectivity index (χ4v) is 3.57. The summed E-state index contributed by atoms with van der Waals surface area (Å²) in [6, 6.07) is 14.6. The van der Waals surface area contributed by atoms with E-state index in [0.717, 1.165) is 42.6 Å². The van der Waals surface area contributed by atoms with Crippen molar-refractivity contribution in [2.75, 3.05) is 25.0 Å². The van der Waals surface area contributed by atoms with Crippen LogP contribution in [0.3, 0.4) is 0 Å². The van der Waals surface area contributed by atoms with Crippen LogP contribution in [0.2, 0.25) is 0 Å². The molecule has 1 amide bonds. The third kappa shape index (κ3) is 3.79. The molecule has 27 heavy (non-hydrogen) atoms. The summed E-state index contributed by atoms with van der Waals surface area (Å²) in [5.74, 6) is -0.132. The monoisotopic (exact) mass is 367 g/mol. The van der Waals surface area contributed by atoms with Crippen LogP contribution in [0.25, 0.3) is 11.1 Å². The largest absolute Gasteiger partial charge is 0.423 e. The molecule has 0 saturated carbocycles. The van der Waals surface area contributed by atoms with Gasteiger partial charge in [-0.15, -0.1) is 0 Å². The third-order valence-electron chi connectivity index (χ3n) is 5.11. The molecule has 0 N–H and O–H groups in total. The van der Waals surface area contributed by atoms with E-state index < -0.39 is 0 Å². The predicted octanol–water partition coefficient (Wildman–Crippen LogP) is 3.84. The summed E-state index contributed by atoms with van der Waals surface area (Å²) in [5.41, 5.74) is 2.56. The minimum Gasteiger partial charge on any atom is -0.423 e. The molecule has 0 unspecified atom stereocenters. The molecule has 1 aliphatic rings. The maximum atomic E-state index is 13.0. The lowest BCUT2D eigenvalue weighted by molar-refractivity contribution is -0.135. The van der Waals surface area contributed by atoms with Crippen molar-refractivity contribution in [2.45, 2.75) is 19.4 Å². The molecular formula is C21H22FN3O2. The van der Waals surface area contributed by atoms with Gasteiger partial charge in [-0.25, -0.2) is 4.39 Å². The summed E-state index contributed by atoms with van der Waals surface area (Å²) >= 11 is 0. The number of nitrogens with zero attached hydrogens (tertiary/aromatic N) is 3. The Morgan fingerprint density at radius 3 is 2.59 bits per heavy atom. The molecule has 0 spiro atoms. The Morgan fingerprint density at radius 2 is 1.89 bits per heavy atom. The number of hydrogen-bond donors (Lipinski definition) is 0. The minimum absolute atomic E-state index is 0.00363. The average Bonchev–Trinajstić information content (AvgIpc) is 3.13. The first-order valence-corrected chi connectivity index (χ1v) is 9.20. The van der Waals surface area contributed by atoms with Crippen molar-refractivity contribution in [1.82, 2.24) is 9.88 Å². The van der Waals surface area contributed by atoms with Gasteiger partial charge in [0.25, 0.3) is 6.01 Å². The molecule has 0 radical (unpaired) electrons. The highest BCUT2D eigenvalue weighted by atomic mass is 19.1. The van der Waals surface area contributed by atoms with Gasteiger partial charge in [-0.2, -0.15) is 4.98 Å². The van der Waals surface area contributed by atoms with Crippen molar-refractivity contribution < 1.29 is 13.6 Å². The lowest BCUT2D eigenvalue weighted by atomic mass is 9.95. The van der Waals surface area contributed by atoms with Crippen LogP contribution in [0.1, 0.15) is 18.4 Å². The van der Waals surface area contributed by atoms with Gasteiger partial charge < -0.3 is 14.2 Å². The normalized spacial score (nSPS) is 15.3. The van der Waals surface area contributed by atoms with Crippen LogP contribution in [0.15, 0.2) is 52.9 Å². The van der Waals surface area contributed by atoms with E-state index in [4.69, 9.17) is 4.42 Å². The standard InChI is InChI=1S/C21H22FN3O2/c1-24(14-15-6-8-17(22)9-7-15)20(26)16-10-12-25(13-11-16)21-23-18-4-2-3-5-19(18)27-21/h2-9,16H,10-14H2,1H3. The highest BCUT2D eigenvalue weighted by Gasteiger charge is 2.29. The number of aromatic nitrogens is 1. The topological polar surface area (TPSA) is 49.6 Å². The van der Waals surface area contributed by atoms with Crippen molar-refractivity contribution in [3.63, 3.8) is 0 Å². The van der Waals surface area contributed by atoms with Gasteiger partial charge in [-0.1, -0.05) is 24.3 Å². The van der Waals surface area contributed by atoms with E-state index in [-0.39, 0.29) is 17.6 Å². The fourth-order valence-electron chi connectivity index (χ4n) is 3.57. The summed E-state index contributed by atoms with van der Waals surface area (Å²) in [7, 11) is 1.80. The second kappa shape index (κ2) is 7.39. The van der Waals surface area contributed by atoms with Crippen molar-refractivity contribution in [2.24, 2.45) is 5.92 Å². The molecule has 6 heteroatoms. The molecular weight excluding hydrogens is 345 g/mol. The van der Waals surface area contributed by atoms with Crippen molar-refractivity contribution in [3.8, 4) is 0 Å². The third-order valence-corrected chi connectivity index (χ3v) is 5.11. The number of piperidine rings is 1. The van der Waals surface area contributed by atoms with Crippen molar-refractivity contribution in [3.05, 3.63) is 59.9 Å². The zero-order valence-electron chi connectivity index (χ0n) is 15.3. The molecule has 2 heterocycles. The number of hydrogen-bond acceptors (Lipinski definition) is 4. The Bertz CT molecular complexity index is 897. The second-order valence-electron chi connectivity index (χ2n) is 7.05. The highest BCUT2D eigenvalue weighted by molar-refractivity contribution is 5.79. The number of rotatable bonds is 4. The molecule has 140 valence electrons. The summed E-state index contributed by atoms with van der Waals surface area (Å²) in [5, 5.41) is 0. The van der Waals surface area contributed by atoms with E-state index in [1.807, 2.05) is 24.3 Å². The summed E-state index contributed by atoms with van der Waals surface area (Å²) in [6.07, 6.45) is 1.54. The Hall–Kier alpha value is -2.89. The molecule has 1 saturated heterocycles. The maximum Gasteiger partial charge on any atom is 0.298 e. The molecule has 2 aromatic carbocycles. The maximum absolute atomic E-state index is 13.0. The Kier molecular flexibility index (Phi) is 4.79. The predicted molar refractivity (Wildman–Crippen MR) is 102 cm³/mol. The first kappa shape index (κ1) is 17.5.